The highest BCUT2D eigenvalue weighted by atomic mass is 32.1. The number of benzene rings is 1. The summed E-state index contributed by atoms with van der Waals surface area (Å²) in [4.78, 5) is 4.29. The van der Waals surface area contributed by atoms with E-state index in [1.54, 1.807) is 11.3 Å². The Morgan fingerprint density at radius 1 is 1.31 bits per heavy atom. The van der Waals surface area contributed by atoms with Crippen LogP contribution in [0, 0.1) is 0 Å². The Morgan fingerprint density at radius 3 is 2.62 bits per heavy atom. The Bertz CT molecular complexity index is 420. The fraction of sp³-hybridized carbons (Fsp3) is 0.308. The molecule has 2 rings (SSSR count). The fourth-order valence-corrected chi connectivity index (χ4v) is 2.26. The van der Waals surface area contributed by atoms with Gasteiger partial charge in [0, 0.05) is 24.0 Å². The Morgan fingerprint density at radius 2 is 2.06 bits per heavy atom. The van der Waals surface area contributed by atoms with E-state index < -0.39 is 0 Å². The largest absolute Gasteiger partial charge is 0.313 e. The normalized spacial score (nSPS) is 12.6. The molecule has 3 heteroatoms. The van der Waals surface area contributed by atoms with Crippen LogP contribution in [0.5, 0.6) is 0 Å². The van der Waals surface area contributed by atoms with Gasteiger partial charge in [-0.15, -0.1) is 11.3 Å². The summed E-state index contributed by atoms with van der Waals surface area (Å²) in [5.41, 5.74) is 2.65. The van der Waals surface area contributed by atoms with Crippen LogP contribution in [0.1, 0.15) is 29.1 Å². The van der Waals surface area contributed by atoms with Gasteiger partial charge in [0.05, 0.1) is 5.01 Å². The maximum Gasteiger partial charge on any atom is 0.0968 e. The van der Waals surface area contributed by atoms with Crippen molar-refractivity contribution in [3.8, 4) is 0 Å². The van der Waals surface area contributed by atoms with Crippen LogP contribution in [-0.4, -0.2) is 12.0 Å². The molecule has 0 spiro atoms. The van der Waals surface area contributed by atoms with Gasteiger partial charge in [0.1, 0.15) is 0 Å². The van der Waals surface area contributed by atoms with Crippen molar-refractivity contribution < 1.29 is 0 Å². The quantitative estimate of drug-likeness (QED) is 0.876. The number of thiazole rings is 1. The lowest BCUT2D eigenvalue weighted by Gasteiger charge is -2.10. The van der Waals surface area contributed by atoms with Crippen LogP contribution in [0.4, 0.5) is 0 Å². The Hall–Kier alpha value is -1.19. The monoisotopic (exact) mass is 232 g/mol. The SMILES string of the molecule is CNC(C)c1ccc(Cc2nccs2)cc1. The first-order valence-electron chi connectivity index (χ1n) is 5.44. The van der Waals surface area contributed by atoms with Gasteiger partial charge in [-0.1, -0.05) is 24.3 Å². The molecule has 0 fully saturated rings. The van der Waals surface area contributed by atoms with E-state index in [9.17, 15) is 0 Å². The fourth-order valence-electron chi connectivity index (χ4n) is 1.61. The van der Waals surface area contributed by atoms with Crippen molar-refractivity contribution >= 4 is 11.3 Å². The molecule has 0 saturated heterocycles. The molecule has 1 N–H and O–H groups in total. The van der Waals surface area contributed by atoms with Gasteiger partial charge >= 0.3 is 0 Å². The third-order valence-corrected chi connectivity index (χ3v) is 3.53. The van der Waals surface area contributed by atoms with Crippen LogP contribution in [0.15, 0.2) is 35.8 Å². The van der Waals surface area contributed by atoms with Gasteiger partial charge in [-0.3, -0.25) is 0 Å². The number of hydrogen-bond donors (Lipinski definition) is 1. The van der Waals surface area contributed by atoms with E-state index in [1.807, 2.05) is 18.6 Å². The summed E-state index contributed by atoms with van der Waals surface area (Å²) < 4.78 is 0. The second kappa shape index (κ2) is 5.23. The summed E-state index contributed by atoms with van der Waals surface area (Å²) in [5.74, 6) is 0. The third kappa shape index (κ3) is 2.68. The van der Waals surface area contributed by atoms with E-state index in [-0.39, 0.29) is 0 Å². The van der Waals surface area contributed by atoms with Crippen LogP contribution in [0.2, 0.25) is 0 Å². The molecule has 1 heterocycles. The predicted molar refractivity (Wildman–Crippen MR) is 68.8 cm³/mol. The Labute approximate surface area is 100 Å². The molecule has 0 aliphatic carbocycles. The van der Waals surface area contributed by atoms with E-state index in [1.165, 1.54) is 16.1 Å². The van der Waals surface area contributed by atoms with E-state index >= 15 is 0 Å². The predicted octanol–water partition coefficient (Wildman–Crippen LogP) is 3.01. The first-order valence-corrected chi connectivity index (χ1v) is 6.32. The molecule has 84 valence electrons. The van der Waals surface area contributed by atoms with E-state index in [4.69, 9.17) is 0 Å². The molecular weight excluding hydrogens is 216 g/mol. The summed E-state index contributed by atoms with van der Waals surface area (Å²) in [6.07, 6.45) is 2.79. The minimum Gasteiger partial charge on any atom is -0.313 e. The molecule has 0 aliphatic heterocycles. The molecule has 2 aromatic rings. The highest BCUT2D eigenvalue weighted by molar-refractivity contribution is 7.09. The number of nitrogens with zero attached hydrogens (tertiary/aromatic N) is 1. The minimum absolute atomic E-state index is 0.411. The highest BCUT2D eigenvalue weighted by Gasteiger charge is 2.03. The number of nitrogens with one attached hydrogen (secondary N) is 1. The lowest BCUT2D eigenvalue weighted by molar-refractivity contribution is 0.652. The smallest absolute Gasteiger partial charge is 0.0968 e. The molecule has 0 bridgehead atoms. The highest BCUT2D eigenvalue weighted by Crippen LogP contribution is 2.16. The molecule has 0 amide bonds. The molecule has 0 radical (unpaired) electrons. The standard InChI is InChI=1S/C13H16N2S/c1-10(14-2)12-5-3-11(4-6-12)9-13-15-7-8-16-13/h3-8,10,14H,9H2,1-2H3. The van der Waals surface area contributed by atoms with Gasteiger partial charge in [-0.2, -0.15) is 0 Å². The van der Waals surface area contributed by atoms with Crippen molar-refractivity contribution in [3.05, 3.63) is 52.0 Å². The summed E-state index contributed by atoms with van der Waals surface area (Å²) in [5, 5.41) is 6.43. The second-order valence-electron chi connectivity index (χ2n) is 3.85. The summed E-state index contributed by atoms with van der Waals surface area (Å²) in [6, 6.07) is 9.15. The maximum absolute atomic E-state index is 4.29. The van der Waals surface area contributed by atoms with E-state index in [2.05, 4.69) is 41.5 Å². The third-order valence-electron chi connectivity index (χ3n) is 2.75. The second-order valence-corrected chi connectivity index (χ2v) is 4.83. The molecule has 0 saturated carbocycles. The number of hydrogen-bond acceptors (Lipinski definition) is 3. The van der Waals surface area contributed by atoms with Crippen LogP contribution in [-0.2, 0) is 6.42 Å². The molecule has 1 aromatic heterocycles. The lowest BCUT2D eigenvalue weighted by atomic mass is 10.1. The first-order chi connectivity index (χ1) is 7.79. The zero-order chi connectivity index (χ0) is 11.4. The van der Waals surface area contributed by atoms with Crippen LogP contribution < -0.4 is 5.32 Å². The molecule has 1 atom stereocenters. The average molecular weight is 232 g/mol. The van der Waals surface area contributed by atoms with Crippen molar-refractivity contribution in [1.82, 2.24) is 10.3 Å². The Balaban J connectivity index is 2.07. The van der Waals surface area contributed by atoms with Crippen LogP contribution >= 0.6 is 11.3 Å². The summed E-state index contributed by atoms with van der Waals surface area (Å²) >= 11 is 1.71. The van der Waals surface area contributed by atoms with Crippen molar-refractivity contribution in [3.63, 3.8) is 0 Å². The van der Waals surface area contributed by atoms with Crippen molar-refractivity contribution in [1.29, 1.82) is 0 Å². The van der Waals surface area contributed by atoms with Crippen molar-refractivity contribution in [2.24, 2.45) is 0 Å². The van der Waals surface area contributed by atoms with Gasteiger partial charge in [-0.25, -0.2) is 4.98 Å². The average Bonchev–Trinajstić information content (AvgIpc) is 2.82. The van der Waals surface area contributed by atoms with Gasteiger partial charge in [0.25, 0.3) is 0 Å². The zero-order valence-corrected chi connectivity index (χ0v) is 10.4. The molecule has 0 aliphatic rings. The molecule has 1 unspecified atom stereocenters. The molecule has 2 nitrogen and oxygen atoms in total. The van der Waals surface area contributed by atoms with E-state index in [0.29, 0.717) is 6.04 Å². The topological polar surface area (TPSA) is 24.9 Å². The minimum atomic E-state index is 0.411. The number of aromatic nitrogens is 1. The molecule has 1 aromatic carbocycles. The maximum atomic E-state index is 4.29. The van der Waals surface area contributed by atoms with E-state index in [0.717, 1.165) is 6.42 Å². The molecular formula is C13H16N2S. The van der Waals surface area contributed by atoms with Gasteiger partial charge < -0.3 is 5.32 Å². The van der Waals surface area contributed by atoms with Crippen molar-refractivity contribution in [2.75, 3.05) is 7.05 Å². The summed E-state index contributed by atoms with van der Waals surface area (Å²) in [7, 11) is 1.98. The lowest BCUT2D eigenvalue weighted by Crippen LogP contribution is -2.12. The Kier molecular flexibility index (Phi) is 3.70. The summed E-state index contributed by atoms with van der Waals surface area (Å²) in [6.45, 7) is 2.16. The van der Waals surface area contributed by atoms with Gasteiger partial charge in [0.2, 0.25) is 0 Å². The first kappa shape index (κ1) is 11.3. The van der Waals surface area contributed by atoms with Gasteiger partial charge in [-0.05, 0) is 25.1 Å². The molecule has 16 heavy (non-hydrogen) atoms. The van der Waals surface area contributed by atoms with Crippen molar-refractivity contribution in [2.45, 2.75) is 19.4 Å². The van der Waals surface area contributed by atoms with Gasteiger partial charge in [0.15, 0.2) is 0 Å². The van der Waals surface area contributed by atoms with Crippen LogP contribution in [0.3, 0.4) is 0 Å². The number of rotatable bonds is 4. The zero-order valence-electron chi connectivity index (χ0n) is 9.60. The van der Waals surface area contributed by atoms with Crippen LogP contribution in [0.25, 0.3) is 0 Å².